The minimum atomic E-state index is -1.04. The van der Waals surface area contributed by atoms with Crippen LogP contribution in [0.3, 0.4) is 0 Å². The van der Waals surface area contributed by atoms with E-state index in [0.717, 1.165) is 17.1 Å². The molecular formula is C16H24N2O2S2. The van der Waals surface area contributed by atoms with Crippen molar-refractivity contribution in [3.8, 4) is 0 Å². The number of amides is 2. The first kappa shape index (κ1) is 17.3. The van der Waals surface area contributed by atoms with E-state index in [1.807, 2.05) is 23.9 Å². The molecule has 3 atom stereocenters. The van der Waals surface area contributed by atoms with Crippen molar-refractivity contribution >= 4 is 34.3 Å². The maximum Gasteiger partial charge on any atom is 0.319 e. The molecule has 0 heterocycles. The fraction of sp³-hybridized carbons (Fsp3) is 0.562. The number of benzene rings is 1. The van der Waals surface area contributed by atoms with E-state index in [2.05, 4.69) is 17.6 Å². The minimum Gasteiger partial charge on any atom is -0.334 e. The maximum atomic E-state index is 12.2. The van der Waals surface area contributed by atoms with Crippen LogP contribution < -0.4 is 10.6 Å². The molecule has 2 N–H and O–H groups in total. The second-order valence-corrected chi connectivity index (χ2v) is 8.36. The summed E-state index contributed by atoms with van der Waals surface area (Å²) in [4.78, 5) is 12.9. The van der Waals surface area contributed by atoms with Gasteiger partial charge in [-0.2, -0.15) is 11.8 Å². The maximum absolute atomic E-state index is 12.2. The molecule has 4 nitrogen and oxygen atoms in total. The van der Waals surface area contributed by atoms with Crippen LogP contribution in [0.15, 0.2) is 29.2 Å². The lowest BCUT2D eigenvalue weighted by atomic mass is 9.95. The van der Waals surface area contributed by atoms with Crippen molar-refractivity contribution in [2.24, 2.45) is 0 Å². The average molecular weight is 341 g/mol. The number of rotatable bonds is 5. The monoisotopic (exact) mass is 340 g/mol. The molecule has 0 aliphatic heterocycles. The van der Waals surface area contributed by atoms with Gasteiger partial charge in [0, 0.05) is 38.9 Å². The highest BCUT2D eigenvalue weighted by Gasteiger charge is 2.26. The lowest BCUT2D eigenvalue weighted by Crippen LogP contribution is -2.45. The highest BCUT2D eigenvalue weighted by molar-refractivity contribution is 7.99. The number of hydrogen-bond acceptors (Lipinski definition) is 3. The van der Waals surface area contributed by atoms with E-state index in [-0.39, 0.29) is 12.1 Å². The summed E-state index contributed by atoms with van der Waals surface area (Å²) in [6.45, 7) is 2.16. The average Bonchev–Trinajstić information content (AvgIpc) is 2.49. The zero-order chi connectivity index (χ0) is 15.9. The number of anilines is 1. The van der Waals surface area contributed by atoms with Crippen LogP contribution >= 0.6 is 11.8 Å². The molecule has 1 aromatic carbocycles. The van der Waals surface area contributed by atoms with Gasteiger partial charge in [-0.1, -0.05) is 25.8 Å². The lowest BCUT2D eigenvalue weighted by Gasteiger charge is -2.31. The fourth-order valence-electron chi connectivity index (χ4n) is 2.76. The first-order chi connectivity index (χ1) is 10.6. The molecule has 2 amide bonds. The Kier molecular flexibility index (Phi) is 6.76. The third kappa shape index (κ3) is 5.02. The van der Waals surface area contributed by atoms with Crippen molar-refractivity contribution in [2.75, 3.05) is 17.3 Å². The van der Waals surface area contributed by atoms with Crippen LogP contribution in [0.25, 0.3) is 0 Å². The van der Waals surface area contributed by atoms with Crippen molar-refractivity contribution in [1.82, 2.24) is 5.32 Å². The Hall–Kier alpha value is -1.01. The van der Waals surface area contributed by atoms with Crippen LogP contribution in [0, 0.1) is 0 Å². The van der Waals surface area contributed by atoms with Crippen LogP contribution in [0.4, 0.5) is 10.5 Å². The van der Waals surface area contributed by atoms with Crippen molar-refractivity contribution < 1.29 is 9.00 Å². The standard InChI is InChI=1S/C16H24N2O2S2/c1-3-21-15-10-5-4-9-14(15)18-16(19)17-12-7-6-8-13(11-12)22(2)20/h6-8,11,14-15H,3-5,9-10H2,1-2H3,(H2,17,18,19). The molecule has 1 fully saturated rings. The second kappa shape index (κ2) is 8.58. The van der Waals surface area contributed by atoms with Crippen LogP contribution in [0.2, 0.25) is 0 Å². The van der Waals surface area contributed by atoms with Crippen LogP contribution in [-0.4, -0.2) is 33.5 Å². The SMILES string of the molecule is CCSC1CCCCC1NC(=O)Nc1cccc(S(C)=O)c1. The zero-order valence-corrected chi connectivity index (χ0v) is 14.8. The lowest BCUT2D eigenvalue weighted by molar-refractivity contribution is 0.245. The minimum absolute atomic E-state index is 0.173. The molecule has 1 saturated carbocycles. The summed E-state index contributed by atoms with van der Waals surface area (Å²) < 4.78 is 11.5. The normalized spacial score (nSPS) is 22.8. The fourth-order valence-corrected chi connectivity index (χ4v) is 4.52. The highest BCUT2D eigenvalue weighted by Crippen LogP contribution is 2.28. The molecule has 1 aromatic rings. The van der Waals surface area contributed by atoms with Gasteiger partial charge in [0.1, 0.15) is 0 Å². The number of hydrogen-bond donors (Lipinski definition) is 2. The quantitative estimate of drug-likeness (QED) is 0.861. The molecule has 0 saturated heterocycles. The number of urea groups is 1. The predicted octanol–water partition coefficient (Wildman–Crippen LogP) is 3.61. The van der Waals surface area contributed by atoms with E-state index in [4.69, 9.17) is 0 Å². The highest BCUT2D eigenvalue weighted by atomic mass is 32.2. The van der Waals surface area contributed by atoms with Gasteiger partial charge in [0.05, 0.1) is 0 Å². The molecule has 0 spiro atoms. The Balaban J connectivity index is 1.94. The van der Waals surface area contributed by atoms with E-state index in [0.29, 0.717) is 10.9 Å². The number of carbonyl (C=O) groups excluding carboxylic acids is 1. The molecule has 0 radical (unpaired) electrons. The third-order valence-corrected chi connectivity index (χ3v) is 6.07. The summed E-state index contributed by atoms with van der Waals surface area (Å²) in [5.74, 6) is 1.08. The summed E-state index contributed by atoms with van der Waals surface area (Å²) in [7, 11) is -1.04. The van der Waals surface area contributed by atoms with Gasteiger partial charge >= 0.3 is 6.03 Å². The molecule has 1 aliphatic rings. The van der Waals surface area contributed by atoms with Gasteiger partial charge in [-0.25, -0.2) is 4.79 Å². The van der Waals surface area contributed by atoms with E-state index in [1.165, 1.54) is 19.3 Å². The predicted molar refractivity (Wildman–Crippen MR) is 95.1 cm³/mol. The molecule has 3 unspecified atom stereocenters. The molecule has 22 heavy (non-hydrogen) atoms. The number of thioether (sulfide) groups is 1. The van der Waals surface area contributed by atoms with Crippen molar-refractivity contribution in [3.05, 3.63) is 24.3 Å². The van der Waals surface area contributed by atoms with E-state index in [9.17, 15) is 9.00 Å². The Bertz CT molecular complexity index is 535. The van der Waals surface area contributed by atoms with Crippen LogP contribution in [0.1, 0.15) is 32.6 Å². The topological polar surface area (TPSA) is 58.2 Å². The third-order valence-electron chi connectivity index (χ3n) is 3.82. The van der Waals surface area contributed by atoms with Gasteiger partial charge in [0.2, 0.25) is 0 Å². The van der Waals surface area contributed by atoms with E-state index >= 15 is 0 Å². The van der Waals surface area contributed by atoms with Gasteiger partial charge in [-0.3, -0.25) is 4.21 Å². The van der Waals surface area contributed by atoms with Gasteiger partial charge in [-0.05, 0) is 36.8 Å². The summed E-state index contributed by atoms with van der Waals surface area (Å²) in [5.41, 5.74) is 0.681. The summed E-state index contributed by atoms with van der Waals surface area (Å²) >= 11 is 1.93. The van der Waals surface area contributed by atoms with Gasteiger partial charge in [0.15, 0.2) is 0 Å². The Labute approximate surface area is 139 Å². The number of carbonyl (C=O) groups is 1. The second-order valence-electron chi connectivity index (χ2n) is 5.47. The molecule has 1 aliphatic carbocycles. The molecule has 2 rings (SSSR count). The number of nitrogens with one attached hydrogen (secondary N) is 2. The molecule has 0 bridgehead atoms. The van der Waals surface area contributed by atoms with Crippen molar-refractivity contribution in [3.63, 3.8) is 0 Å². The van der Waals surface area contributed by atoms with Crippen molar-refractivity contribution in [2.45, 2.75) is 48.8 Å². The smallest absolute Gasteiger partial charge is 0.319 e. The van der Waals surface area contributed by atoms with Gasteiger partial charge < -0.3 is 10.6 Å². The Morgan fingerprint density at radius 2 is 2.14 bits per heavy atom. The first-order valence-corrected chi connectivity index (χ1v) is 10.3. The molecule has 122 valence electrons. The van der Waals surface area contributed by atoms with Gasteiger partial charge in [0.25, 0.3) is 0 Å². The first-order valence-electron chi connectivity index (χ1n) is 7.72. The summed E-state index contributed by atoms with van der Waals surface area (Å²) in [5, 5.41) is 6.47. The van der Waals surface area contributed by atoms with Crippen LogP contribution in [-0.2, 0) is 10.8 Å². The molecule has 6 heteroatoms. The zero-order valence-electron chi connectivity index (χ0n) is 13.1. The van der Waals surface area contributed by atoms with Gasteiger partial charge in [-0.15, -0.1) is 0 Å². The summed E-state index contributed by atoms with van der Waals surface area (Å²) in [6, 6.07) is 7.25. The van der Waals surface area contributed by atoms with Crippen molar-refractivity contribution in [1.29, 1.82) is 0 Å². The molecule has 0 aromatic heterocycles. The van der Waals surface area contributed by atoms with E-state index < -0.39 is 10.8 Å². The summed E-state index contributed by atoms with van der Waals surface area (Å²) in [6.07, 6.45) is 6.28. The Morgan fingerprint density at radius 3 is 2.86 bits per heavy atom. The largest absolute Gasteiger partial charge is 0.334 e. The molecular weight excluding hydrogens is 316 g/mol. The van der Waals surface area contributed by atoms with E-state index in [1.54, 1.807) is 18.4 Å². The van der Waals surface area contributed by atoms with Crippen LogP contribution in [0.5, 0.6) is 0 Å². The Morgan fingerprint density at radius 1 is 1.36 bits per heavy atom.